The van der Waals surface area contributed by atoms with Gasteiger partial charge in [0.1, 0.15) is 0 Å². The SMILES string of the molecule is CCN(CC)CCCn1c2ccccc2c(=O)c2cc(C)cc(C)c21. The molecule has 2 aromatic carbocycles. The van der Waals surface area contributed by atoms with E-state index in [0.717, 1.165) is 60.0 Å². The van der Waals surface area contributed by atoms with Crippen LogP contribution in [0.5, 0.6) is 0 Å². The topological polar surface area (TPSA) is 25.2 Å². The molecule has 25 heavy (non-hydrogen) atoms. The van der Waals surface area contributed by atoms with Crippen molar-refractivity contribution in [3.05, 3.63) is 57.7 Å². The largest absolute Gasteiger partial charge is 0.340 e. The van der Waals surface area contributed by atoms with Gasteiger partial charge in [-0.1, -0.05) is 32.0 Å². The lowest BCUT2D eigenvalue weighted by Gasteiger charge is -2.21. The van der Waals surface area contributed by atoms with E-state index >= 15 is 0 Å². The molecule has 0 amide bonds. The van der Waals surface area contributed by atoms with Gasteiger partial charge in [0.15, 0.2) is 5.43 Å². The number of fused-ring (bicyclic) bond motifs is 2. The molecule has 0 fully saturated rings. The van der Waals surface area contributed by atoms with Gasteiger partial charge in [0.05, 0.1) is 11.0 Å². The Balaban J connectivity index is 2.17. The van der Waals surface area contributed by atoms with E-state index in [2.05, 4.69) is 49.3 Å². The monoisotopic (exact) mass is 336 g/mol. The van der Waals surface area contributed by atoms with Crippen molar-refractivity contribution < 1.29 is 0 Å². The molecule has 3 nitrogen and oxygen atoms in total. The zero-order chi connectivity index (χ0) is 18.0. The van der Waals surface area contributed by atoms with Crippen molar-refractivity contribution in [3.8, 4) is 0 Å². The van der Waals surface area contributed by atoms with Crippen LogP contribution in [-0.2, 0) is 6.54 Å². The fourth-order valence-corrected chi connectivity index (χ4v) is 3.88. The molecule has 0 saturated carbocycles. The molecule has 132 valence electrons. The van der Waals surface area contributed by atoms with E-state index in [-0.39, 0.29) is 5.43 Å². The fraction of sp³-hybridized carbons (Fsp3) is 0.409. The number of rotatable bonds is 6. The van der Waals surface area contributed by atoms with Crippen LogP contribution in [0.2, 0.25) is 0 Å². The maximum absolute atomic E-state index is 13.0. The number of hydrogen-bond donors (Lipinski definition) is 0. The Bertz CT molecular complexity index is 952. The Hall–Kier alpha value is -2.13. The van der Waals surface area contributed by atoms with Gasteiger partial charge in [-0.15, -0.1) is 0 Å². The van der Waals surface area contributed by atoms with Gasteiger partial charge in [-0.25, -0.2) is 0 Å². The van der Waals surface area contributed by atoms with Gasteiger partial charge in [0.25, 0.3) is 0 Å². The molecule has 0 spiro atoms. The molecular formula is C22H28N2O. The van der Waals surface area contributed by atoms with Gasteiger partial charge in [0.2, 0.25) is 0 Å². The fourth-order valence-electron chi connectivity index (χ4n) is 3.88. The molecule has 1 aromatic heterocycles. The highest BCUT2D eigenvalue weighted by molar-refractivity contribution is 5.95. The van der Waals surface area contributed by atoms with Gasteiger partial charge >= 0.3 is 0 Å². The molecule has 0 bridgehead atoms. The second-order valence-corrected chi connectivity index (χ2v) is 6.86. The minimum Gasteiger partial charge on any atom is -0.340 e. The Morgan fingerprint density at radius 3 is 2.44 bits per heavy atom. The standard InChI is InChI=1S/C22H28N2O/c1-5-23(6-2)12-9-13-24-20-11-8-7-10-18(20)22(25)19-15-16(3)14-17(4)21(19)24/h7-8,10-11,14-15H,5-6,9,12-13H2,1-4H3. The number of aryl methyl sites for hydroxylation is 3. The summed E-state index contributed by atoms with van der Waals surface area (Å²) in [6.07, 6.45) is 1.08. The van der Waals surface area contributed by atoms with Gasteiger partial charge in [0, 0.05) is 17.3 Å². The summed E-state index contributed by atoms with van der Waals surface area (Å²) in [5.41, 5.74) is 4.62. The molecule has 3 heteroatoms. The van der Waals surface area contributed by atoms with E-state index in [0.29, 0.717) is 0 Å². The average molecular weight is 336 g/mol. The first kappa shape index (κ1) is 17.7. The van der Waals surface area contributed by atoms with Crippen LogP contribution in [0.3, 0.4) is 0 Å². The maximum atomic E-state index is 13.0. The predicted octanol–water partition coefficient (Wildman–Crippen LogP) is 4.50. The van der Waals surface area contributed by atoms with Crippen molar-refractivity contribution in [2.75, 3.05) is 19.6 Å². The average Bonchev–Trinajstić information content (AvgIpc) is 2.61. The van der Waals surface area contributed by atoms with E-state index in [1.165, 1.54) is 5.56 Å². The highest BCUT2D eigenvalue weighted by Crippen LogP contribution is 2.24. The minimum absolute atomic E-state index is 0.150. The maximum Gasteiger partial charge on any atom is 0.197 e. The van der Waals surface area contributed by atoms with Crippen molar-refractivity contribution >= 4 is 21.8 Å². The second-order valence-electron chi connectivity index (χ2n) is 6.86. The van der Waals surface area contributed by atoms with Crippen molar-refractivity contribution in [3.63, 3.8) is 0 Å². The molecule has 0 aliphatic heterocycles. The van der Waals surface area contributed by atoms with Crippen LogP contribution in [0.1, 0.15) is 31.4 Å². The third-order valence-electron chi connectivity index (χ3n) is 5.15. The summed E-state index contributed by atoms with van der Waals surface area (Å²) in [5.74, 6) is 0. The third kappa shape index (κ3) is 3.34. The van der Waals surface area contributed by atoms with E-state index in [4.69, 9.17) is 0 Å². The molecule has 3 aromatic rings. The van der Waals surface area contributed by atoms with Crippen LogP contribution in [0.15, 0.2) is 41.2 Å². The van der Waals surface area contributed by atoms with Gasteiger partial charge in [-0.05, 0) is 69.2 Å². The minimum atomic E-state index is 0.150. The lowest BCUT2D eigenvalue weighted by Crippen LogP contribution is -2.25. The molecule has 3 rings (SSSR count). The normalized spacial score (nSPS) is 11.7. The van der Waals surface area contributed by atoms with Crippen LogP contribution in [0, 0.1) is 13.8 Å². The zero-order valence-corrected chi connectivity index (χ0v) is 15.8. The number of benzene rings is 2. The molecule has 0 radical (unpaired) electrons. The molecule has 0 saturated heterocycles. The molecule has 0 N–H and O–H groups in total. The third-order valence-corrected chi connectivity index (χ3v) is 5.15. The highest BCUT2D eigenvalue weighted by Gasteiger charge is 2.13. The lowest BCUT2D eigenvalue weighted by molar-refractivity contribution is 0.294. The smallest absolute Gasteiger partial charge is 0.197 e. The summed E-state index contributed by atoms with van der Waals surface area (Å²) >= 11 is 0. The summed E-state index contributed by atoms with van der Waals surface area (Å²) in [7, 11) is 0. The van der Waals surface area contributed by atoms with Crippen LogP contribution >= 0.6 is 0 Å². The first-order chi connectivity index (χ1) is 12.1. The molecule has 0 aliphatic carbocycles. The molecule has 0 unspecified atom stereocenters. The van der Waals surface area contributed by atoms with Crippen LogP contribution < -0.4 is 5.43 Å². The second kappa shape index (κ2) is 7.40. The Kier molecular flexibility index (Phi) is 5.24. The van der Waals surface area contributed by atoms with Crippen LogP contribution in [0.25, 0.3) is 21.8 Å². The zero-order valence-electron chi connectivity index (χ0n) is 15.8. The number of pyridine rings is 1. The Labute approximate surface area is 149 Å². The quantitative estimate of drug-likeness (QED) is 0.619. The van der Waals surface area contributed by atoms with Crippen LogP contribution in [-0.4, -0.2) is 29.1 Å². The van der Waals surface area contributed by atoms with Crippen molar-refractivity contribution in [1.29, 1.82) is 0 Å². The highest BCUT2D eigenvalue weighted by atomic mass is 16.1. The predicted molar refractivity (Wildman–Crippen MR) is 108 cm³/mol. The number of hydrogen-bond acceptors (Lipinski definition) is 2. The number of para-hydroxylation sites is 1. The first-order valence-electron chi connectivity index (χ1n) is 9.31. The summed E-state index contributed by atoms with van der Waals surface area (Å²) in [5, 5.41) is 1.67. The van der Waals surface area contributed by atoms with Crippen molar-refractivity contribution in [2.45, 2.75) is 40.7 Å². The van der Waals surface area contributed by atoms with Gasteiger partial charge in [-0.2, -0.15) is 0 Å². The Morgan fingerprint density at radius 1 is 1.00 bits per heavy atom. The molecule has 0 atom stereocenters. The van der Waals surface area contributed by atoms with Gasteiger partial charge < -0.3 is 9.47 Å². The van der Waals surface area contributed by atoms with E-state index in [1.807, 2.05) is 24.3 Å². The summed E-state index contributed by atoms with van der Waals surface area (Å²) in [4.78, 5) is 15.4. The molecule has 1 heterocycles. The molecule has 0 aliphatic rings. The van der Waals surface area contributed by atoms with E-state index in [9.17, 15) is 4.79 Å². The Morgan fingerprint density at radius 2 is 1.72 bits per heavy atom. The van der Waals surface area contributed by atoms with E-state index in [1.54, 1.807) is 0 Å². The number of nitrogens with zero attached hydrogens (tertiary/aromatic N) is 2. The lowest BCUT2D eigenvalue weighted by atomic mass is 10.0. The van der Waals surface area contributed by atoms with Crippen molar-refractivity contribution in [2.24, 2.45) is 0 Å². The summed E-state index contributed by atoms with van der Waals surface area (Å²) in [6.45, 7) is 12.8. The molecular weight excluding hydrogens is 308 g/mol. The van der Waals surface area contributed by atoms with Crippen molar-refractivity contribution in [1.82, 2.24) is 9.47 Å². The first-order valence-corrected chi connectivity index (χ1v) is 9.31. The summed E-state index contributed by atoms with van der Waals surface area (Å²) in [6, 6.07) is 12.2. The number of aromatic nitrogens is 1. The van der Waals surface area contributed by atoms with Crippen LogP contribution in [0.4, 0.5) is 0 Å². The van der Waals surface area contributed by atoms with E-state index < -0.39 is 0 Å². The van der Waals surface area contributed by atoms with Gasteiger partial charge in [-0.3, -0.25) is 4.79 Å². The summed E-state index contributed by atoms with van der Waals surface area (Å²) < 4.78 is 2.35.